The number of rotatable bonds is 5. The summed E-state index contributed by atoms with van der Waals surface area (Å²) in [7, 11) is 0. The lowest BCUT2D eigenvalue weighted by Crippen LogP contribution is -2.28. The molecule has 1 aromatic heterocycles. The molecule has 6 nitrogen and oxygen atoms in total. The van der Waals surface area contributed by atoms with Crippen molar-refractivity contribution < 1.29 is 9.59 Å². The first-order valence-electron chi connectivity index (χ1n) is 9.54. The minimum absolute atomic E-state index is 0.0270. The van der Waals surface area contributed by atoms with Crippen LogP contribution in [-0.2, 0) is 16.0 Å². The lowest BCUT2D eigenvalue weighted by atomic mass is 10.1. The lowest BCUT2D eigenvalue weighted by Gasteiger charge is -2.19. The second-order valence-corrected chi connectivity index (χ2v) is 8.41. The quantitative estimate of drug-likeness (QED) is 0.700. The Hall–Kier alpha value is -3.06. The average Bonchev–Trinajstić information content (AvgIpc) is 3.31. The van der Waals surface area contributed by atoms with Crippen LogP contribution in [-0.4, -0.2) is 28.6 Å². The second kappa shape index (κ2) is 8.13. The van der Waals surface area contributed by atoms with Gasteiger partial charge in [0, 0.05) is 25.1 Å². The highest BCUT2D eigenvalue weighted by molar-refractivity contribution is 7.15. The van der Waals surface area contributed by atoms with Gasteiger partial charge in [0.25, 0.3) is 0 Å². The van der Waals surface area contributed by atoms with Gasteiger partial charge in [0.15, 0.2) is 0 Å². The Morgan fingerprint density at radius 3 is 2.76 bits per heavy atom. The maximum absolute atomic E-state index is 12.7. The number of carbonyl (C=O) groups excluding carboxylic acids is 2. The van der Waals surface area contributed by atoms with Gasteiger partial charge < -0.3 is 10.2 Å². The molecule has 2 aromatic carbocycles. The lowest BCUT2D eigenvalue weighted by molar-refractivity contribution is -0.122. The van der Waals surface area contributed by atoms with E-state index < -0.39 is 5.92 Å². The van der Waals surface area contributed by atoms with E-state index in [9.17, 15) is 9.59 Å². The van der Waals surface area contributed by atoms with Crippen LogP contribution in [0.1, 0.15) is 28.1 Å². The number of aromatic nitrogens is 2. The number of hydrogen-bond donors (Lipinski definition) is 1. The van der Waals surface area contributed by atoms with E-state index >= 15 is 0 Å². The standard InChI is InChI=1S/C22H22N4O2S/c1-14-8-9-15(2)18(10-14)26-13-17(12-20(26)27)21(28)23-22-25-24-19(29-22)11-16-6-4-3-5-7-16/h3-10,17H,11-13H2,1-2H3,(H,23,25,28). The Morgan fingerprint density at radius 1 is 1.17 bits per heavy atom. The van der Waals surface area contributed by atoms with Crippen LogP contribution < -0.4 is 10.2 Å². The normalized spacial score (nSPS) is 16.3. The largest absolute Gasteiger partial charge is 0.311 e. The molecule has 4 rings (SSSR count). The predicted molar refractivity (Wildman–Crippen MR) is 114 cm³/mol. The van der Waals surface area contributed by atoms with Crippen molar-refractivity contribution in [3.63, 3.8) is 0 Å². The smallest absolute Gasteiger partial charge is 0.231 e. The monoisotopic (exact) mass is 406 g/mol. The molecule has 0 bridgehead atoms. The number of nitrogens with zero attached hydrogens (tertiary/aromatic N) is 3. The van der Waals surface area contributed by atoms with Crippen molar-refractivity contribution >= 4 is 34.0 Å². The van der Waals surface area contributed by atoms with Crippen molar-refractivity contribution in [2.75, 3.05) is 16.8 Å². The van der Waals surface area contributed by atoms with E-state index in [1.807, 2.05) is 62.4 Å². The third kappa shape index (κ3) is 4.35. The zero-order chi connectivity index (χ0) is 20.4. The van der Waals surface area contributed by atoms with Crippen LogP contribution in [0.5, 0.6) is 0 Å². The van der Waals surface area contributed by atoms with Gasteiger partial charge in [0.2, 0.25) is 16.9 Å². The molecule has 1 atom stereocenters. The summed E-state index contributed by atoms with van der Waals surface area (Å²) >= 11 is 1.36. The topological polar surface area (TPSA) is 75.2 Å². The first-order valence-corrected chi connectivity index (χ1v) is 10.4. The van der Waals surface area contributed by atoms with Crippen molar-refractivity contribution in [2.24, 2.45) is 5.92 Å². The van der Waals surface area contributed by atoms with Gasteiger partial charge in [0.05, 0.1) is 5.92 Å². The van der Waals surface area contributed by atoms with Crippen LogP contribution in [0.3, 0.4) is 0 Å². The molecule has 1 fully saturated rings. The molecule has 29 heavy (non-hydrogen) atoms. The van der Waals surface area contributed by atoms with Crippen LogP contribution in [0, 0.1) is 19.8 Å². The van der Waals surface area contributed by atoms with Crippen molar-refractivity contribution in [1.82, 2.24) is 10.2 Å². The number of benzene rings is 2. The van der Waals surface area contributed by atoms with Crippen molar-refractivity contribution in [2.45, 2.75) is 26.7 Å². The number of aryl methyl sites for hydroxylation is 2. The van der Waals surface area contributed by atoms with E-state index in [2.05, 4.69) is 15.5 Å². The molecule has 148 valence electrons. The SMILES string of the molecule is Cc1ccc(C)c(N2CC(C(=O)Nc3nnc(Cc4ccccc4)s3)CC2=O)c1. The third-order valence-electron chi connectivity index (χ3n) is 5.05. The van der Waals surface area contributed by atoms with Crippen molar-refractivity contribution in [3.8, 4) is 0 Å². The molecule has 0 saturated carbocycles. The maximum Gasteiger partial charge on any atom is 0.231 e. The average molecular weight is 407 g/mol. The van der Waals surface area contributed by atoms with Crippen LogP contribution in [0.15, 0.2) is 48.5 Å². The van der Waals surface area contributed by atoms with E-state index in [-0.39, 0.29) is 18.2 Å². The minimum Gasteiger partial charge on any atom is -0.311 e. The van der Waals surface area contributed by atoms with Gasteiger partial charge in [-0.1, -0.05) is 53.8 Å². The van der Waals surface area contributed by atoms with Gasteiger partial charge in [-0.15, -0.1) is 10.2 Å². The molecule has 0 spiro atoms. The Kier molecular flexibility index (Phi) is 5.40. The van der Waals surface area contributed by atoms with E-state index in [0.717, 1.165) is 27.4 Å². The predicted octanol–water partition coefficient (Wildman–Crippen LogP) is 3.74. The Labute approximate surface area is 173 Å². The zero-order valence-electron chi connectivity index (χ0n) is 16.4. The fraction of sp³-hybridized carbons (Fsp3) is 0.273. The highest BCUT2D eigenvalue weighted by Crippen LogP contribution is 2.29. The minimum atomic E-state index is -0.399. The van der Waals surface area contributed by atoms with Gasteiger partial charge >= 0.3 is 0 Å². The molecule has 1 N–H and O–H groups in total. The number of amides is 2. The molecule has 1 aliphatic rings. The number of anilines is 2. The number of nitrogens with one attached hydrogen (secondary N) is 1. The van der Waals surface area contributed by atoms with E-state index in [0.29, 0.717) is 18.1 Å². The van der Waals surface area contributed by atoms with Crippen LogP contribution in [0.25, 0.3) is 0 Å². The molecule has 1 aliphatic heterocycles. The molecule has 2 heterocycles. The van der Waals surface area contributed by atoms with E-state index in [4.69, 9.17) is 0 Å². The van der Waals surface area contributed by atoms with Crippen LogP contribution >= 0.6 is 11.3 Å². The summed E-state index contributed by atoms with van der Waals surface area (Å²) in [6.45, 7) is 4.35. The molecular formula is C22H22N4O2S. The molecule has 1 saturated heterocycles. The molecular weight excluding hydrogens is 384 g/mol. The van der Waals surface area contributed by atoms with Gasteiger partial charge in [-0.2, -0.15) is 0 Å². The fourth-order valence-corrected chi connectivity index (χ4v) is 4.26. The summed E-state index contributed by atoms with van der Waals surface area (Å²) < 4.78 is 0. The highest BCUT2D eigenvalue weighted by atomic mass is 32.1. The van der Waals surface area contributed by atoms with E-state index in [1.54, 1.807) is 4.90 Å². The van der Waals surface area contributed by atoms with E-state index in [1.165, 1.54) is 11.3 Å². The van der Waals surface area contributed by atoms with Gasteiger partial charge in [-0.05, 0) is 36.6 Å². The summed E-state index contributed by atoms with van der Waals surface area (Å²) in [4.78, 5) is 27.0. The summed E-state index contributed by atoms with van der Waals surface area (Å²) in [5.41, 5.74) is 4.14. The first-order chi connectivity index (χ1) is 14.0. The number of carbonyl (C=O) groups is 2. The molecule has 3 aromatic rings. The summed E-state index contributed by atoms with van der Waals surface area (Å²) in [5, 5.41) is 12.4. The zero-order valence-corrected chi connectivity index (χ0v) is 17.2. The van der Waals surface area contributed by atoms with Crippen LogP contribution in [0.4, 0.5) is 10.8 Å². The Morgan fingerprint density at radius 2 is 1.97 bits per heavy atom. The highest BCUT2D eigenvalue weighted by Gasteiger charge is 2.36. The fourth-order valence-electron chi connectivity index (χ4n) is 3.48. The number of hydrogen-bond acceptors (Lipinski definition) is 5. The Balaban J connectivity index is 1.41. The second-order valence-electron chi connectivity index (χ2n) is 7.35. The van der Waals surface area contributed by atoms with Gasteiger partial charge in [-0.25, -0.2) is 0 Å². The molecule has 7 heteroatoms. The van der Waals surface area contributed by atoms with Gasteiger partial charge in [0.1, 0.15) is 5.01 Å². The van der Waals surface area contributed by atoms with Gasteiger partial charge in [-0.3, -0.25) is 9.59 Å². The summed E-state index contributed by atoms with van der Waals surface area (Å²) in [6.07, 6.45) is 0.881. The first kappa shape index (κ1) is 19.3. The third-order valence-corrected chi connectivity index (χ3v) is 5.89. The van der Waals surface area contributed by atoms with Crippen LogP contribution in [0.2, 0.25) is 0 Å². The molecule has 2 amide bonds. The van der Waals surface area contributed by atoms with Crippen molar-refractivity contribution in [3.05, 3.63) is 70.2 Å². The molecule has 1 unspecified atom stereocenters. The molecule has 0 aliphatic carbocycles. The summed E-state index contributed by atoms with van der Waals surface area (Å²) in [6, 6.07) is 16.0. The van der Waals surface area contributed by atoms with Crippen molar-refractivity contribution in [1.29, 1.82) is 0 Å². The molecule has 0 radical (unpaired) electrons. The Bertz CT molecular complexity index is 1050. The maximum atomic E-state index is 12.7. The summed E-state index contributed by atoms with van der Waals surface area (Å²) in [5.74, 6) is -0.613.